The average Bonchev–Trinajstić information content (AvgIpc) is 3.35. The fourth-order valence-corrected chi connectivity index (χ4v) is 4.88. The maximum Gasteiger partial charge on any atom is 0.307 e. The van der Waals surface area contributed by atoms with Crippen LogP contribution in [0.4, 0.5) is 15.9 Å². The van der Waals surface area contributed by atoms with Gasteiger partial charge in [-0.15, -0.1) is 0 Å². The molecule has 1 atom stereocenters. The van der Waals surface area contributed by atoms with Crippen LogP contribution < -0.4 is 14.8 Å². The van der Waals surface area contributed by atoms with Crippen LogP contribution in [0.3, 0.4) is 0 Å². The molecule has 0 spiro atoms. The van der Waals surface area contributed by atoms with Crippen molar-refractivity contribution in [1.82, 2.24) is 19.8 Å². The van der Waals surface area contributed by atoms with Crippen LogP contribution in [0.15, 0.2) is 36.7 Å². The van der Waals surface area contributed by atoms with Gasteiger partial charge in [0, 0.05) is 49.9 Å². The van der Waals surface area contributed by atoms with Gasteiger partial charge in [0.25, 0.3) is 0 Å². The van der Waals surface area contributed by atoms with Crippen molar-refractivity contribution < 1.29 is 23.4 Å². The van der Waals surface area contributed by atoms with Crippen LogP contribution in [-0.2, 0) is 9.53 Å². The molecule has 0 amide bonds. The fraction of sp³-hybridized carbons (Fsp3) is 0.423. The van der Waals surface area contributed by atoms with Crippen molar-refractivity contribution in [2.24, 2.45) is 0 Å². The largest absolute Gasteiger partial charge is 0.493 e. The van der Waals surface area contributed by atoms with Gasteiger partial charge in [0.1, 0.15) is 24.6 Å². The molecule has 0 radical (unpaired) electrons. The van der Waals surface area contributed by atoms with Gasteiger partial charge in [0.15, 0.2) is 11.5 Å². The maximum atomic E-state index is 13.5. The molecule has 2 aliphatic rings. The van der Waals surface area contributed by atoms with Crippen molar-refractivity contribution in [1.29, 1.82) is 0 Å². The molecule has 11 heteroatoms. The Bertz CT molecular complexity index is 1270. The molecule has 5 rings (SSSR count). The molecule has 2 fully saturated rings. The number of anilines is 2. The third kappa shape index (κ3) is 6.03. The molecule has 3 heterocycles. The number of aromatic nitrogens is 2. The summed E-state index contributed by atoms with van der Waals surface area (Å²) in [6, 6.07) is 8.29. The predicted molar refractivity (Wildman–Crippen MR) is 138 cm³/mol. The molecule has 0 aliphatic carbocycles. The first kappa shape index (κ1) is 25.4. The van der Waals surface area contributed by atoms with Crippen molar-refractivity contribution >= 4 is 40.0 Å². The molecule has 1 unspecified atom stereocenters. The molecule has 0 bridgehead atoms. The molecule has 37 heavy (non-hydrogen) atoms. The van der Waals surface area contributed by atoms with Crippen LogP contribution in [0, 0.1) is 5.82 Å². The van der Waals surface area contributed by atoms with Gasteiger partial charge in [-0.25, -0.2) is 14.4 Å². The molecule has 196 valence electrons. The summed E-state index contributed by atoms with van der Waals surface area (Å²) in [7, 11) is 1.59. The van der Waals surface area contributed by atoms with E-state index in [1.807, 2.05) is 12.1 Å². The van der Waals surface area contributed by atoms with Gasteiger partial charge in [0.05, 0.1) is 36.7 Å². The number of piperazine rings is 1. The summed E-state index contributed by atoms with van der Waals surface area (Å²) >= 11 is 5.91. The van der Waals surface area contributed by atoms with E-state index in [2.05, 4.69) is 25.1 Å². The number of methoxy groups -OCH3 is 1. The summed E-state index contributed by atoms with van der Waals surface area (Å²) in [5.41, 5.74) is 1.29. The number of nitrogens with one attached hydrogen (secondary N) is 1. The Labute approximate surface area is 219 Å². The summed E-state index contributed by atoms with van der Waals surface area (Å²) in [6.45, 7) is 5.81. The molecule has 3 aromatic rings. The number of hydrogen-bond acceptors (Lipinski definition) is 9. The minimum atomic E-state index is -0.484. The topological polar surface area (TPSA) is 89.1 Å². The van der Waals surface area contributed by atoms with E-state index in [-0.39, 0.29) is 17.0 Å². The fourth-order valence-electron chi connectivity index (χ4n) is 4.70. The smallest absolute Gasteiger partial charge is 0.307 e. The number of benzene rings is 2. The number of ether oxygens (including phenoxy) is 3. The molecule has 9 nitrogen and oxygen atoms in total. The molecule has 0 saturated carbocycles. The van der Waals surface area contributed by atoms with E-state index in [0.717, 1.165) is 44.5 Å². The Kier molecular flexibility index (Phi) is 7.87. The third-order valence-corrected chi connectivity index (χ3v) is 7.03. The van der Waals surface area contributed by atoms with Crippen LogP contribution in [0.25, 0.3) is 10.9 Å². The lowest BCUT2D eigenvalue weighted by atomic mass is 10.2. The van der Waals surface area contributed by atoms with E-state index in [4.69, 9.17) is 25.8 Å². The van der Waals surface area contributed by atoms with Crippen LogP contribution in [0.5, 0.6) is 11.5 Å². The highest BCUT2D eigenvalue weighted by Gasteiger charge is 2.31. The second kappa shape index (κ2) is 11.5. The monoisotopic (exact) mass is 529 g/mol. The van der Waals surface area contributed by atoms with Gasteiger partial charge in [0.2, 0.25) is 0 Å². The van der Waals surface area contributed by atoms with E-state index in [1.165, 1.54) is 18.5 Å². The summed E-state index contributed by atoms with van der Waals surface area (Å²) in [6.07, 6.45) is 2.83. The molecule has 1 aromatic heterocycles. The summed E-state index contributed by atoms with van der Waals surface area (Å²) in [5, 5.41) is 3.93. The predicted octanol–water partition coefficient (Wildman–Crippen LogP) is 3.88. The molecule has 1 N–H and O–H groups in total. The zero-order valence-electron chi connectivity index (χ0n) is 20.6. The minimum absolute atomic E-state index is 0.0263. The summed E-state index contributed by atoms with van der Waals surface area (Å²) in [5.74, 6) is 1.16. The third-order valence-electron chi connectivity index (χ3n) is 6.74. The van der Waals surface area contributed by atoms with Crippen LogP contribution in [0.2, 0.25) is 5.02 Å². The Hall–Kier alpha value is -3.21. The molecule has 2 aliphatic heterocycles. The quantitative estimate of drug-likeness (QED) is 0.327. The van der Waals surface area contributed by atoms with E-state index < -0.39 is 5.82 Å². The molecule has 2 saturated heterocycles. The number of fused-ring (bicyclic) bond motifs is 1. The van der Waals surface area contributed by atoms with Crippen molar-refractivity contribution in [3.8, 4) is 11.5 Å². The number of halogens is 2. The lowest BCUT2D eigenvalue weighted by molar-refractivity contribution is -0.137. The first-order valence-electron chi connectivity index (χ1n) is 12.3. The van der Waals surface area contributed by atoms with E-state index >= 15 is 0 Å². The van der Waals surface area contributed by atoms with Gasteiger partial charge < -0.3 is 24.4 Å². The number of cyclic esters (lactones) is 1. The highest BCUT2D eigenvalue weighted by atomic mass is 35.5. The Morgan fingerprint density at radius 3 is 2.73 bits per heavy atom. The zero-order valence-corrected chi connectivity index (χ0v) is 21.3. The average molecular weight is 530 g/mol. The minimum Gasteiger partial charge on any atom is -0.493 e. The van der Waals surface area contributed by atoms with E-state index in [1.54, 1.807) is 13.2 Å². The van der Waals surface area contributed by atoms with E-state index in [0.29, 0.717) is 48.2 Å². The number of carbonyl (C=O) groups is 1. The van der Waals surface area contributed by atoms with Gasteiger partial charge in [-0.1, -0.05) is 11.6 Å². The number of esters is 1. The first-order valence-corrected chi connectivity index (χ1v) is 12.7. The number of rotatable bonds is 9. The second-order valence-corrected chi connectivity index (χ2v) is 9.52. The number of nitrogens with zero attached hydrogens (tertiary/aromatic N) is 4. The van der Waals surface area contributed by atoms with Crippen LogP contribution >= 0.6 is 11.6 Å². The van der Waals surface area contributed by atoms with Gasteiger partial charge in [-0.2, -0.15) is 0 Å². The van der Waals surface area contributed by atoms with E-state index in [9.17, 15) is 9.18 Å². The highest BCUT2D eigenvalue weighted by Crippen LogP contribution is 2.35. The van der Waals surface area contributed by atoms with Crippen molar-refractivity contribution in [3.05, 3.63) is 47.5 Å². The van der Waals surface area contributed by atoms with Gasteiger partial charge >= 0.3 is 5.97 Å². The lowest BCUT2D eigenvalue weighted by Crippen LogP contribution is -2.50. The Balaban J connectivity index is 1.17. The van der Waals surface area contributed by atoms with Gasteiger partial charge in [-0.05, 0) is 30.7 Å². The second-order valence-electron chi connectivity index (χ2n) is 9.12. The first-order chi connectivity index (χ1) is 18.0. The molecular formula is C26H29ClFN5O4. The van der Waals surface area contributed by atoms with Crippen molar-refractivity contribution in [3.63, 3.8) is 0 Å². The Morgan fingerprint density at radius 1 is 1.16 bits per heavy atom. The SMILES string of the molecule is COc1cc2c(Nc3ccc(F)c(Cl)c3)ncnc2cc1OCCCN1CCN(C2COC(=O)C2)CC1. The normalized spacial score (nSPS) is 18.7. The van der Waals surface area contributed by atoms with Crippen molar-refractivity contribution in [2.45, 2.75) is 18.9 Å². The highest BCUT2D eigenvalue weighted by molar-refractivity contribution is 6.31. The van der Waals surface area contributed by atoms with Crippen molar-refractivity contribution in [2.75, 3.05) is 58.4 Å². The summed E-state index contributed by atoms with van der Waals surface area (Å²) in [4.78, 5) is 24.9. The molecular weight excluding hydrogens is 501 g/mol. The summed E-state index contributed by atoms with van der Waals surface area (Å²) < 4.78 is 30.3. The van der Waals surface area contributed by atoms with Crippen LogP contribution in [-0.4, -0.2) is 84.8 Å². The zero-order chi connectivity index (χ0) is 25.8. The number of carbonyl (C=O) groups excluding carboxylic acids is 1. The Morgan fingerprint density at radius 2 is 2.00 bits per heavy atom. The lowest BCUT2D eigenvalue weighted by Gasteiger charge is -2.37. The van der Waals surface area contributed by atoms with Crippen LogP contribution in [0.1, 0.15) is 12.8 Å². The standard InChI is InChI=1S/C26H29ClFN5O4/c1-35-23-13-19-22(29-16-30-26(19)31-17-3-4-21(28)20(27)11-17)14-24(23)36-10-2-5-32-6-8-33(9-7-32)18-12-25(34)37-15-18/h3-4,11,13-14,16,18H,2,5-10,12,15H2,1H3,(H,29,30,31). The molecule has 2 aromatic carbocycles. The van der Waals surface area contributed by atoms with Gasteiger partial charge in [-0.3, -0.25) is 9.69 Å². The number of hydrogen-bond donors (Lipinski definition) is 1. The maximum absolute atomic E-state index is 13.5.